The third-order valence-electron chi connectivity index (χ3n) is 5.32. The van der Waals surface area contributed by atoms with E-state index in [9.17, 15) is 24.6 Å². The van der Waals surface area contributed by atoms with Gasteiger partial charge in [-0.1, -0.05) is 0 Å². The van der Waals surface area contributed by atoms with E-state index in [2.05, 4.69) is 5.32 Å². The van der Waals surface area contributed by atoms with E-state index in [1.54, 1.807) is 20.8 Å². The summed E-state index contributed by atoms with van der Waals surface area (Å²) >= 11 is 0. The van der Waals surface area contributed by atoms with Gasteiger partial charge in [0.15, 0.2) is 23.6 Å². The molecule has 1 unspecified atom stereocenters. The Morgan fingerprint density at radius 1 is 1.27 bits per heavy atom. The van der Waals surface area contributed by atoms with Gasteiger partial charge < -0.3 is 44.6 Å². The molecule has 1 fully saturated rings. The quantitative estimate of drug-likeness (QED) is 0.466. The van der Waals surface area contributed by atoms with Gasteiger partial charge in [0.2, 0.25) is 12.2 Å². The average molecular weight is 466 g/mol. The molecule has 3 rings (SSSR count). The maximum atomic E-state index is 12.3. The summed E-state index contributed by atoms with van der Waals surface area (Å²) in [5.74, 6) is -0.855. The number of carbonyl (C=O) groups excluding carboxylic acids is 2. The summed E-state index contributed by atoms with van der Waals surface area (Å²) in [5, 5.41) is 23.6. The normalized spacial score (nSPS) is 24.3. The highest BCUT2D eigenvalue weighted by molar-refractivity contribution is 5.97. The Morgan fingerprint density at radius 3 is 2.52 bits per heavy atom. The summed E-state index contributed by atoms with van der Waals surface area (Å²) in [7, 11) is 1.37. The maximum Gasteiger partial charge on any atom is 0.404 e. The molecule has 0 radical (unpaired) electrons. The highest BCUT2D eigenvalue weighted by Gasteiger charge is 2.53. The van der Waals surface area contributed by atoms with Crippen LogP contribution in [0.15, 0.2) is 21.3 Å². The zero-order valence-electron chi connectivity index (χ0n) is 18.7. The third-order valence-corrected chi connectivity index (χ3v) is 5.32. The topological polar surface area (TPSA) is 180 Å². The SMILES string of the molecule is CO[C@@H]1[C@H](OC(N)=O)[C@H](O)C(Oc2ccc3c(O)c(NC(C)=O)c(=O)oc3c2C)OC1(C)C. The molecule has 1 saturated heterocycles. The summed E-state index contributed by atoms with van der Waals surface area (Å²) < 4.78 is 27.4. The number of aliphatic hydroxyl groups is 1. The first-order valence-electron chi connectivity index (χ1n) is 9.95. The van der Waals surface area contributed by atoms with Crippen LogP contribution < -0.4 is 21.4 Å². The molecule has 0 spiro atoms. The number of amides is 2. The Kier molecular flexibility index (Phi) is 6.54. The van der Waals surface area contributed by atoms with Crippen LogP contribution in [-0.4, -0.2) is 59.5 Å². The number of aromatic hydroxyl groups is 1. The number of primary amides is 1. The first kappa shape index (κ1) is 24.3. The third kappa shape index (κ3) is 4.58. The summed E-state index contributed by atoms with van der Waals surface area (Å²) in [6.45, 7) is 6.07. The van der Waals surface area contributed by atoms with Gasteiger partial charge in [-0.05, 0) is 32.9 Å². The molecule has 0 saturated carbocycles. The van der Waals surface area contributed by atoms with E-state index in [0.29, 0.717) is 5.56 Å². The molecule has 1 aromatic heterocycles. The second-order valence-electron chi connectivity index (χ2n) is 8.12. The lowest BCUT2D eigenvalue weighted by atomic mass is 9.89. The molecule has 2 amide bonds. The molecule has 1 aliphatic rings. The molecule has 5 N–H and O–H groups in total. The first-order chi connectivity index (χ1) is 15.4. The molecule has 12 heteroatoms. The Balaban J connectivity index is 2.00. The van der Waals surface area contributed by atoms with Gasteiger partial charge in [0.1, 0.15) is 17.4 Å². The lowest BCUT2D eigenvalue weighted by Gasteiger charge is -2.47. The number of hydrogen-bond donors (Lipinski definition) is 4. The number of hydrogen-bond acceptors (Lipinski definition) is 10. The number of aliphatic hydroxyl groups excluding tert-OH is 1. The van der Waals surface area contributed by atoms with Crippen LogP contribution in [0.4, 0.5) is 10.5 Å². The van der Waals surface area contributed by atoms with Crippen LogP contribution in [0.3, 0.4) is 0 Å². The van der Waals surface area contributed by atoms with Crippen molar-refractivity contribution in [2.75, 3.05) is 12.4 Å². The number of nitrogens with two attached hydrogens (primary N) is 1. The summed E-state index contributed by atoms with van der Waals surface area (Å²) in [4.78, 5) is 35.0. The van der Waals surface area contributed by atoms with Gasteiger partial charge >= 0.3 is 11.7 Å². The van der Waals surface area contributed by atoms with Gasteiger partial charge in [0, 0.05) is 19.6 Å². The molecule has 2 heterocycles. The van der Waals surface area contributed by atoms with E-state index in [0.717, 1.165) is 0 Å². The number of fused-ring (bicyclic) bond motifs is 1. The Hall–Kier alpha value is -3.35. The smallest absolute Gasteiger partial charge is 0.404 e. The Bertz CT molecular complexity index is 1140. The monoisotopic (exact) mass is 466 g/mol. The summed E-state index contributed by atoms with van der Waals surface area (Å²) in [6, 6.07) is 2.88. The van der Waals surface area contributed by atoms with Gasteiger partial charge in [-0.25, -0.2) is 9.59 Å². The van der Waals surface area contributed by atoms with E-state index in [4.69, 9.17) is 29.1 Å². The van der Waals surface area contributed by atoms with Crippen LogP contribution in [0.25, 0.3) is 11.0 Å². The predicted octanol–water partition coefficient (Wildman–Crippen LogP) is 1.12. The van der Waals surface area contributed by atoms with Crippen LogP contribution in [0.1, 0.15) is 26.3 Å². The molecule has 1 aromatic carbocycles. The van der Waals surface area contributed by atoms with Gasteiger partial charge in [0.25, 0.3) is 0 Å². The van der Waals surface area contributed by atoms with Gasteiger partial charge in [-0.3, -0.25) is 4.79 Å². The summed E-state index contributed by atoms with van der Waals surface area (Å²) in [6.07, 6.45) is -5.94. The second-order valence-corrected chi connectivity index (χ2v) is 8.12. The van der Waals surface area contributed by atoms with Crippen molar-refractivity contribution in [2.45, 2.75) is 57.9 Å². The minimum Gasteiger partial charge on any atom is -0.505 e. The number of methoxy groups -OCH3 is 1. The van der Waals surface area contributed by atoms with Crippen LogP contribution in [-0.2, 0) is 19.0 Å². The lowest BCUT2D eigenvalue weighted by molar-refractivity contribution is -0.304. The number of rotatable bonds is 5. The fourth-order valence-electron chi connectivity index (χ4n) is 3.85. The predicted molar refractivity (Wildman–Crippen MR) is 114 cm³/mol. The fourth-order valence-corrected chi connectivity index (χ4v) is 3.85. The zero-order chi connectivity index (χ0) is 24.7. The number of ether oxygens (including phenoxy) is 4. The number of nitrogens with one attached hydrogen (secondary N) is 1. The van der Waals surface area contributed by atoms with Crippen LogP contribution in [0.5, 0.6) is 11.5 Å². The molecule has 1 aliphatic heterocycles. The first-order valence-corrected chi connectivity index (χ1v) is 9.95. The van der Waals surface area contributed by atoms with Crippen LogP contribution in [0.2, 0.25) is 0 Å². The van der Waals surface area contributed by atoms with Gasteiger partial charge in [-0.15, -0.1) is 0 Å². The molecule has 180 valence electrons. The lowest BCUT2D eigenvalue weighted by Crippen LogP contribution is -2.65. The highest BCUT2D eigenvalue weighted by atomic mass is 16.7. The largest absolute Gasteiger partial charge is 0.505 e. The molecular formula is C21H26N2O10. The molecule has 12 nitrogen and oxygen atoms in total. The van der Waals surface area contributed by atoms with E-state index < -0.39 is 53.6 Å². The van der Waals surface area contributed by atoms with Gasteiger partial charge in [0.05, 0.1) is 11.0 Å². The second kappa shape index (κ2) is 8.89. The van der Waals surface area contributed by atoms with Crippen molar-refractivity contribution in [3.8, 4) is 11.5 Å². The minimum atomic E-state index is -1.48. The average Bonchev–Trinajstić information content (AvgIpc) is 2.70. The van der Waals surface area contributed by atoms with Crippen LogP contribution in [0, 0.1) is 6.92 Å². The molecular weight excluding hydrogens is 440 g/mol. The van der Waals surface area contributed by atoms with Crippen molar-refractivity contribution in [3.05, 3.63) is 28.1 Å². The highest BCUT2D eigenvalue weighted by Crippen LogP contribution is 2.38. The Morgan fingerprint density at radius 2 is 1.94 bits per heavy atom. The standard InChI is InChI=1S/C21H26N2O10/c1-8-11(7-6-10-13(25)12(23-9(2)24)18(27)31-15(8)10)30-19-14(26)16(32-20(22)28)17(29-5)21(3,4)33-19/h6-7,14,16-17,19,25-26H,1-5H3,(H2,22,28)(H,23,24)/t14-,16+,17+,19?/m0/s1. The van der Waals surface area contributed by atoms with Crippen LogP contribution >= 0.6 is 0 Å². The zero-order valence-corrected chi connectivity index (χ0v) is 18.7. The molecule has 0 bridgehead atoms. The van der Waals surface area contributed by atoms with Crippen molar-refractivity contribution in [1.29, 1.82) is 0 Å². The maximum absolute atomic E-state index is 12.3. The van der Waals surface area contributed by atoms with Crippen molar-refractivity contribution < 1.29 is 43.2 Å². The van der Waals surface area contributed by atoms with Gasteiger partial charge in [-0.2, -0.15) is 0 Å². The van der Waals surface area contributed by atoms with E-state index in [1.807, 2.05) is 0 Å². The van der Waals surface area contributed by atoms with Crippen molar-refractivity contribution >= 4 is 28.7 Å². The summed E-state index contributed by atoms with van der Waals surface area (Å²) in [5.41, 5.74) is 3.07. The molecule has 0 aliphatic carbocycles. The van der Waals surface area contributed by atoms with Crippen molar-refractivity contribution in [3.63, 3.8) is 0 Å². The number of carbonyl (C=O) groups is 2. The number of anilines is 1. The number of aryl methyl sites for hydroxylation is 1. The molecule has 2 aromatic rings. The number of benzene rings is 1. The van der Waals surface area contributed by atoms with Crippen molar-refractivity contribution in [1.82, 2.24) is 0 Å². The minimum absolute atomic E-state index is 0.00775. The van der Waals surface area contributed by atoms with E-state index in [-0.39, 0.29) is 22.4 Å². The Labute approximate surface area is 188 Å². The molecule has 33 heavy (non-hydrogen) atoms. The van der Waals surface area contributed by atoms with E-state index >= 15 is 0 Å². The van der Waals surface area contributed by atoms with E-state index in [1.165, 1.54) is 26.2 Å². The fraction of sp³-hybridized carbons (Fsp3) is 0.476. The van der Waals surface area contributed by atoms with Crippen molar-refractivity contribution in [2.24, 2.45) is 5.73 Å². The molecule has 4 atom stereocenters.